The highest BCUT2D eigenvalue weighted by Gasteiger charge is 2.21. The fourth-order valence-electron chi connectivity index (χ4n) is 3.90. The van der Waals surface area contributed by atoms with Crippen LogP contribution in [0.5, 0.6) is 0 Å². The maximum Gasteiger partial charge on any atom is 0.282 e. The Morgan fingerprint density at radius 2 is 1.39 bits per heavy atom. The van der Waals surface area contributed by atoms with Crippen molar-refractivity contribution in [3.05, 3.63) is 90.6 Å². The predicted molar refractivity (Wildman–Crippen MR) is 173 cm³/mol. The molecule has 3 aromatic carbocycles. The van der Waals surface area contributed by atoms with Gasteiger partial charge in [0, 0.05) is 53.2 Å². The minimum Gasteiger partial charge on any atom is -0.337 e. The first-order valence-electron chi connectivity index (χ1n) is 13.2. The summed E-state index contributed by atoms with van der Waals surface area (Å²) in [7, 11) is -5.71. The van der Waals surface area contributed by atoms with E-state index in [4.69, 9.17) is 0 Å². The smallest absolute Gasteiger partial charge is 0.282 e. The first-order chi connectivity index (χ1) is 20.9. The van der Waals surface area contributed by atoms with Crippen molar-refractivity contribution in [3.8, 4) is 11.4 Å². The quantitative estimate of drug-likeness (QED) is 0.208. The van der Waals surface area contributed by atoms with Crippen LogP contribution < -0.4 is 9.44 Å². The molecule has 228 valence electrons. The van der Waals surface area contributed by atoms with E-state index in [1.807, 2.05) is 68.4 Å². The van der Waals surface area contributed by atoms with Gasteiger partial charge in [-0.3, -0.25) is 9.44 Å². The van der Waals surface area contributed by atoms with Crippen molar-refractivity contribution in [3.63, 3.8) is 0 Å². The van der Waals surface area contributed by atoms with E-state index in [0.29, 0.717) is 22.9 Å². The summed E-state index contributed by atoms with van der Waals surface area (Å²) in [6, 6.07) is 22.0. The third-order valence-corrected chi connectivity index (χ3v) is 10.4. The van der Waals surface area contributed by atoms with Crippen LogP contribution in [-0.2, 0) is 27.1 Å². The topological polar surface area (TPSA) is 162 Å². The van der Waals surface area contributed by atoms with Gasteiger partial charge in [-0.25, -0.2) is 18.4 Å². The minimum atomic E-state index is -3.75. The monoisotopic (exact) mass is 668 g/mol. The van der Waals surface area contributed by atoms with Crippen LogP contribution >= 0.6 is 23.1 Å². The molecule has 44 heavy (non-hydrogen) atoms. The van der Waals surface area contributed by atoms with Gasteiger partial charge in [-0.1, -0.05) is 80.6 Å². The first-order valence-corrected chi connectivity index (χ1v) is 17.7. The number of imidazole rings is 1. The number of aromatic nitrogens is 6. The number of anilines is 2. The van der Waals surface area contributed by atoms with E-state index in [1.54, 1.807) is 36.7 Å². The molecule has 0 radical (unpaired) electrons. The summed E-state index contributed by atoms with van der Waals surface area (Å²) in [5.74, 6) is 1.91. The summed E-state index contributed by atoms with van der Waals surface area (Å²) in [6.45, 7) is 5.63. The van der Waals surface area contributed by atoms with Crippen molar-refractivity contribution in [2.45, 2.75) is 36.6 Å². The van der Waals surface area contributed by atoms with Crippen molar-refractivity contribution in [1.29, 1.82) is 0 Å². The Labute approximate surface area is 263 Å². The lowest BCUT2D eigenvalue weighted by atomic mass is 10.1. The zero-order chi connectivity index (χ0) is 31.5. The molecular weight excluding hydrogens is 641 g/mol. The second-order valence-corrected chi connectivity index (χ2v) is 14.6. The number of sulfonamides is 2. The molecule has 16 heteroatoms. The molecule has 0 aliphatic rings. The van der Waals surface area contributed by atoms with Gasteiger partial charge in [-0.05, 0) is 18.4 Å². The van der Waals surface area contributed by atoms with Crippen molar-refractivity contribution >= 4 is 64.1 Å². The number of fused-ring (bicyclic) bond motifs is 1. The zero-order valence-corrected chi connectivity index (χ0v) is 27.3. The van der Waals surface area contributed by atoms with Crippen molar-refractivity contribution in [2.24, 2.45) is 7.05 Å². The molecule has 0 atom stereocenters. The third-order valence-electron chi connectivity index (χ3n) is 6.26. The Kier molecular flexibility index (Phi) is 9.05. The van der Waals surface area contributed by atoms with Crippen LogP contribution in [0.25, 0.3) is 22.2 Å². The highest BCUT2D eigenvalue weighted by Crippen LogP contribution is 2.27. The molecule has 2 N–H and O–H groups in total. The van der Waals surface area contributed by atoms with Crippen LogP contribution in [0.3, 0.4) is 0 Å². The Bertz CT molecular complexity index is 2100. The average Bonchev–Trinajstić information content (AvgIpc) is 3.74. The van der Waals surface area contributed by atoms with Crippen LogP contribution in [0.15, 0.2) is 88.9 Å². The van der Waals surface area contributed by atoms with Crippen LogP contribution in [0.4, 0.5) is 10.3 Å². The van der Waals surface area contributed by atoms with Crippen LogP contribution in [0, 0.1) is 6.92 Å². The minimum absolute atomic E-state index is 0.0196. The van der Waals surface area contributed by atoms with E-state index in [-0.39, 0.29) is 26.1 Å². The molecule has 0 amide bonds. The largest absolute Gasteiger partial charge is 0.337 e. The summed E-state index contributed by atoms with van der Waals surface area (Å²) in [4.78, 5) is 12.6. The maximum absolute atomic E-state index is 12.8. The fourth-order valence-corrected chi connectivity index (χ4v) is 7.92. The van der Waals surface area contributed by atoms with E-state index in [1.165, 1.54) is 6.20 Å². The normalized spacial score (nSPS) is 11.8. The Hall–Kier alpha value is -4.25. The lowest BCUT2D eigenvalue weighted by molar-refractivity contribution is 0.597. The number of hydrogen-bond acceptors (Lipinski definition) is 11. The number of aryl methyl sites for hydroxylation is 2. The molecule has 0 fully saturated rings. The van der Waals surface area contributed by atoms with Crippen molar-refractivity contribution in [2.75, 3.05) is 9.44 Å². The van der Waals surface area contributed by atoms with E-state index in [9.17, 15) is 16.8 Å². The molecule has 0 saturated carbocycles. The summed E-state index contributed by atoms with van der Waals surface area (Å²) in [5.41, 5.74) is 0.842. The molecule has 3 aromatic heterocycles. The molecule has 0 unspecified atom stereocenters. The van der Waals surface area contributed by atoms with Crippen molar-refractivity contribution in [1.82, 2.24) is 28.3 Å². The van der Waals surface area contributed by atoms with Crippen LogP contribution in [0.1, 0.15) is 31.4 Å². The second-order valence-electron chi connectivity index (χ2n) is 9.83. The molecule has 0 spiro atoms. The lowest BCUT2D eigenvalue weighted by Gasteiger charge is -2.08. The lowest BCUT2D eigenvalue weighted by Crippen LogP contribution is -2.13. The van der Waals surface area contributed by atoms with E-state index in [0.717, 1.165) is 34.0 Å². The predicted octanol–water partition coefficient (Wildman–Crippen LogP) is 5.66. The number of benzene rings is 3. The zero-order valence-electron chi connectivity index (χ0n) is 24.0. The Balaban J connectivity index is 0.000000182. The van der Waals surface area contributed by atoms with E-state index < -0.39 is 20.0 Å². The van der Waals surface area contributed by atoms with Gasteiger partial charge in [0.15, 0.2) is 10.9 Å². The van der Waals surface area contributed by atoms with Gasteiger partial charge in [-0.2, -0.15) is 22.1 Å². The Morgan fingerprint density at radius 3 is 2.07 bits per heavy atom. The van der Waals surface area contributed by atoms with Gasteiger partial charge < -0.3 is 4.57 Å². The average molecular weight is 669 g/mol. The molecule has 0 aliphatic carbocycles. The SMILES string of the molecule is Cc1nc(S(=O)(=O)Nc2nc(C(C)C)ns2)cn1C.O=S(=O)(Nc1nc(-c2ccccc2)ns1)c1cccc2ccccc12. The molecule has 3 heterocycles. The molecule has 12 nitrogen and oxygen atoms in total. The fraction of sp³-hybridized carbons (Fsp3) is 0.179. The second kappa shape index (κ2) is 12.8. The van der Waals surface area contributed by atoms with Gasteiger partial charge in [0.1, 0.15) is 11.6 Å². The molecular formula is C28H28N8O4S4. The number of hydrogen-bond donors (Lipinski definition) is 2. The molecule has 0 saturated heterocycles. The molecule has 6 rings (SSSR count). The van der Waals surface area contributed by atoms with Gasteiger partial charge in [0.25, 0.3) is 20.0 Å². The number of nitrogens with one attached hydrogen (secondary N) is 2. The van der Waals surface area contributed by atoms with Crippen LogP contribution in [-0.4, -0.2) is 45.1 Å². The highest BCUT2D eigenvalue weighted by molar-refractivity contribution is 7.93. The first kappa shape index (κ1) is 31.2. The van der Waals surface area contributed by atoms with E-state index >= 15 is 0 Å². The van der Waals surface area contributed by atoms with Crippen molar-refractivity contribution < 1.29 is 16.8 Å². The maximum atomic E-state index is 12.8. The van der Waals surface area contributed by atoms with Gasteiger partial charge >= 0.3 is 0 Å². The third kappa shape index (κ3) is 7.10. The molecule has 0 aliphatic heterocycles. The van der Waals surface area contributed by atoms with E-state index in [2.05, 4.69) is 33.1 Å². The Morgan fingerprint density at radius 1 is 0.750 bits per heavy atom. The number of nitrogens with zero attached hydrogens (tertiary/aromatic N) is 6. The summed E-state index contributed by atoms with van der Waals surface area (Å²) in [5, 5.41) is 2.02. The molecule has 0 bridgehead atoms. The summed E-state index contributed by atoms with van der Waals surface area (Å²) < 4.78 is 64.7. The van der Waals surface area contributed by atoms with Gasteiger partial charge in [0.05, 0.1) is 4.90 Å². The summed E-state index contributed by atoms with van der Waals surface area (Å²) >= 11 is 2.04. The summed E-state index contributed by atoms with van der Waals surface area (Å²) in [6.07, 6.45) is 1.46. The van der Waals surface area contributed by atoms with Gasteiger partial charge in [-0.15, -0.1) is 0 Å². The molecule has 6 aromatic rings. The standard InChI is InChI=1S/C18H13N3O2S2.C10H15N5O2S2/c22-25(23,16-12-6-10-13-7-4-5-11-15(13)16)21-18-19-17(20-24-18)14-8-2-1-3-9-14;1-6(2)9-12-10(18-13-9)14-19(16,17)8-5-15(4)7(3)11-8/h1-12H,(H,19,20,21);5-6H,1-4H3,(H,12,13,14). The highest BCUT2D eigenvalue weighted by atomic mass is 32.2. The van der Waals surface area contributed by atoms with Gasteiger partial charge in [0.2, 0.25) is 10.3 Å². The van der Waals surface area contributed by atoms with Crippen LogP contribution in [0.2, 0.25) is 0 Å². The number of rotatable bonds is 8.